The fourth-order valence-electron chi connectivity index (χ4n) is 5.19. The number of nitrogens with one attached hydrogen (secondary N) is 1. The van der Waals surface area contributed by atoms with Crippen LogP contribution in [0.2, 0.25) is 0 Å². The summed E-state index contributed by atoms with van der Waals surface area (Å²) in [6.07, 6.45) is -2.50. The van der Waals surface area contributed by atoms with E-state index in [-0.39, 0.29) is 28.9 Å². The van der Waals surface area contributed by atoms with Gasteiger partial charge in [0, 0.05) is 6.20 Å². The summed E-state index contributed by atoms with van der Waals surface area (Å²) in [5.41, 5.74) is 3.35. The molecule has 41 heavy (non-hydrogen) atoms. The Labute approximate surface area is 234 Å². The molecule has 0 radical (unpaired) electrons. The summed E-state index contributed by atoms with van der Waals surface area (Å²) in [4.78, 5) is 42.2. The first-order valence-corrected chi connectivity index (χ1v) is 15.1. The van der Waals surface area contributed by atoms with Crippen LogP contribution in [0.5, 0.6) is 0 Å². The summed E-state index contributed by atoms with van der Waals surface area (Å²) in [5, 5.41) is 20.5. The molecule has 0 aromatic carbocycles. The van der Waals surface area contributed by atoms with Crippen LogP contribution in [-0.2, 0) is 25.8 Å². The number of ether oxygens (including phenoxy) is 2. The van der Waals surface area contributed by atoms with Crippen LogP contribution in [-0.4, -0.2) is 98.7 Å². The molecule has 4 aromatic heterocycles. The zero-order valence-corrected chi connectivity index (χ0v) is 22.7. The molecule has 6 rings (SSSR count). The maximum atomic E-state index is 15.2. The third kappa shape index (κ3) is 4.64. The average molecular weight is 615 g/mol. The maximum Gasteiger partial charge on any atom is 0.276 e. The number of rotatable bonds is 8. The number of hydrogen-bond acceptors (Lipinski definition) is 12. The Morgan fingerprint density at radius 2 is 2.00 bits per heavy atom. The molecule has 6 heterocycles. The Kier molecular flexibility index (Phi) is 7.14. The number of aromatic nitrogens is 7. The number of hydrogen-bond donors (Lipinski definition) is 5. The first-order valence-electron chi connectivity index (χ1n) is 12.4. The number of halogens is 2. The van der Waals surface area contributed by atoms with E-state index in [2.05, 4.69) is 24.9 Å². The predicted octanol–water partition coefficient (Wildman–Crippen LogP) is 0.0496. The second-order valence-electron chi connectivity index (χ2n) is 9.89. The summed E-state index contributed by atoms with van der Waals surface area (Å²) in [5.74, 6) is 0.0828. The molecule has 15 nitrogen and oxygen atoms in total. The maximum absolute atomic E-state index is 15.2. The summed E-state index contributed by atoms with van der Waals surface area (Å²) in [7, 11) is 0. The molecule has 0 saturated carbocycles. The van der Waals surface area contributed by atoms with E-state index in [1.807, 2.05) is 0 Å². The number of fused-ring (bicyclic) bond motifs is 2. The summed E-state index contributed by atoms with van der Waals surface area (Å²) in [6.45, 7) is -6.27. The molecule has 2 aliphatic heterocycles. The molecular formula is C22H25F2N8O7PS. The zero-order valence-electron chi connectivity index (χ0n) is 21.0. The highest BCUT2D eigenvalue weighted by Crippen LogP contribution is 2.60. The van der Waals surface area contributed by atoms with Crippen molar-refractivity contribution in [3.05, 3.63) is 41.6 Å². The van der Waals surface area contributed by atoms with Crippen LogP contribution in [0, 0.1) is 0 Å². The van der Waals surface area contributed by atoms with Gasteiger partial charge in [0.05, 0.1) is 37.0 Å². The number of nitrogens with zero attached hydrogens (tertiary/aromatic N) is 6. The minimum absolute atomic E-state index is 0.0744. The van der Waals surface area contributed by atoms with Gasteiger partial charge >= 0.3 is 0 Å². The molecule has 4 aromatic rings. The standard InChI is InChI=1S/C22H25F2N8O7PS/c23-5-22(6-33)3-12(20(39-22)31-8-29-14-10(31)1-2-26-19(14)35)40(36,41)37-4-11-16(34)13(24)21(38-11)32-9-30-15-17(25)27-7-28-18(15)32/h1-2,7-9,11-13,16,20-21,33-34H,3-6H2,(H,26,35)(H,36,41)(H2,25,27,28)/t11-,12-,13+,16-,20-,21-,22-,40?/m1/s1. The second-order valence-corrected chi connectivity index (χ2v) is 13.5. The number of imidazole rings is 2. The Morgan fingerprint density at radius 3 is 2.76 bits per heavy atom. The van der Waals surface area contributed by atoms with Gasteiger partial charge in [-0.2, -0.15) is 0 Å². The lowest BCUT2D eigenvalue weighted by molar-refractivity contribution is -0.107. The van der Waals surface area contributed by atoms with Crippen molar-refractivity contribution in [2.24, 2.45) is 0 Å². The monoisotopic (exact) mass is 614 g/mol. The van der Waals surface area contributed by atoms with E-state index in [4.69, 9.17) is 31.5 Å². The minimum atomic E-state index is -3.93. The van der Waals surface area contributed by atoms with Gasteiger partial charge in [0.25, 0.3) is 5.56 Å². The normalized spacial score (nSPS) is 31.7. The van der Waals surface area contributed by atoms with Crippen LogP contribution in [0.25, 0.3) is 22.2 Å². The first kappa shape index (κ1) is 28.2. The van der Waals surface area contributed by atoms with Crippen LogP contribution >= 0.6 is 6.49 Å². The fraction of sp³-hybridized carbons (Fsp3) is 0.500. The van der Waals surface area contributed by atoms with Crippen molar-refractivity contribution in [2.75, 3.05) is 25.6 Å². The van der Waals surface area contributed by atoms with Crippen LogP contribution in [0.4, 0.5) is 14.6 Å². The van der Waals surface area contributed by atoms with E-state index in [9.17, 15) is 24.3 Å². The van der Waals surface area contributed by atoms with Crippen LogP contribution in [0.15, 0.2) is 36.0 Å². The molecule has 8 atom stereocenters. The quantitative estimate of drug-likeness (QED) is 0.166. The van der Waals surface area contributed by atoms with Crippen LogP contribution in [0.3, 0.4) is 0 Å². The molecule has 2 fully saturated rings. The van der Waals surface area contributed by atoms with Gasteiger partial charge in [-0.25, -0.2) is 28.7 Å². The number of H-pyrrole nitrogens is 1. The van der Waals surface area contributed by atoms with Gasteiger partial charge in [-0.15, -0.1) is 0 Å². The summed E-state index contributed by atoms with van der Waals surface area (Å²) >= 11 is 5.47. The molecule has 0 spiro atoms. The fourth-order valence-corrected chi connectivity index (χ4v) is 7.55. The van der Waals surface area contributed by atoms with Crippen LogP contribution in [0.1, 0.15) is 18.9 Å². The summed E-state index contributed by atoms with van der Waals surface area (Å²) in [6, 6.07) is 1.54. The van der Waals surface area contributed by atoms with Crippen LogP contribution < -0.4 is 11.3 Å². The van der Waals surface area contributed by atoms with E-state index in [0.29, 0.717) is 5.52 Å². The van der Waals surface area contributed by atoms with Crippen molar-refractivity contribution < 1.29 is 37.9 Å². The van der Waals surface area contributed by atoms with Crippen molar-refractivity contribution in [1.82, 2.24) is 34.1 Å². The average Bonchev–Trinajstić information content (AvgIpc) is 3.73. The Balaban J connectivity index is 1.25. The Morgan fingerprint density at radius 1 is 1.24 bits per heavy atom. The Bertz CT molecular complexity index is 1700. The molecule has 220 valence electrons. The van der Waals surface area contributed by atoms with E-state index in [1.54, 1.807) is 6.07 Å². The molecule has 2 aliphatic rings. The van der Waals surface area contributed by atoms with E-state index < -0.39 is 74.0 Å². The molecule has 6 N–H and O–H groups in total. The van der Waals surface area contributed by atoms with Gasteiger partial charge in [0.2, 0.25) is 0 Å². The smallest absolute Gasteiger partial charge is 0.276 e. The highest BCUT2D eigenvalue weighted by molar-refractivity contribution is 8.09. The van der Waals surface area contributed by atoms with E-state index in [0.717, 1.165) is 0 Å². The molecule has 0 bridgehead atoms. The third-order valence-electron chi connectivity index (χ3n) is 7.39. The van der Waals surface area contributed by atoms with Gasteiger partial charge in [-0.3, -0.25) is 9.36 Å². The van der Waals surface area contributed by atoms with Crippen molar-refractivity contribution >= 4 is 46.3 Å². The first-order chi connectivity index (χ1) is 19.6. The number of alkyl halides is 2. The van der Waals surface area contributed by atoms with Gasteiger partial charge in [-0.1, -0.05) is 0 Å². The Hall–Kier alpha value is -2.96. The molecule has 0 amide bonds. The van der Waals surface area contributed by atoms with Crippen molar-refractivity contribution in [2.45, 2.75) is 48.5 Å². The molecule has 1 unspecified atom stereocenters. The largest absolute Gasteiger partial charge is 0.393 e. The number of nitrogens with two attached hydrogens (primary N) is 1. The van der Waals surface area contributed by atoms with Crippen molar-refractivity contribution in [3.8, 4) is 0 Å². The van der Waals surface area contributed by atoms with Crippen molar-refractivity contribution in [3.63, 3.8) is 0 Å². The number of aromatic amines is 1. The lowest BCUT2D eigenvalue weighted by Crippen LogP contribution is -2.35. The number of aliphatic hydroxyl groups excluding tert-OH is 2. The lowest BCUT2D eigenvalue weighted by Gasteiger charge is -2.28. The SMILES string of the molecule is Nc1ncnc2c1ncn2[C@@H]1O[C@H](COP(O)(=S)[C@@H]2C[C@](CO)(CF)O[C@H]2n2cnc3c(=O)[nH]ccc32)[C@@H](O)[C@@H]1F. The second kappa shape index (κ2) is 10.4. The van der Waals surface area contributed by atoms with Gasteiger partial charge in [0.1, 0.15) is 42.6 Å². The predicted molar refractivity (Wildman–Crippen MR) is 142 cm³/mol. The van der Waals surface area contributed by atoms with Gasteiger partial charge in [-0.05, 0) is 24.3 Å². The molecule has 0 aliphatic carbocycles. The number of nitrogen functional groups attached to an aromatic ring is 1. The molecule has 2 saturated heterocycles. The molecule has 19 heteroatoms. The number of aliphatic hydroxyl groups is 2. The topological polar surface area (TPSA) is 209 Å². The van der Waals surface area contributed by atoms with Crippen molar-refractivity contribution in [1.29, 1.82) is 0 Å². The highest BCUT2D eigenvalue weighted by atomic mass is 32.5. The van der Waals surface area contributed by atoms with E-state index in [1.165, 1.54) is 34.3 Å². The van der Waals surface area contributed by atoms with E-state index >= 15 is 4.39 Å². The summed E-state index contributed by atoms with van der Waals surface area (Å²) < 4.78 is 49.3. The number of pyridine rings is 1. The highest BCUT2D eigenvalue weighted by Gasteiger charge is 2.54. The van der Waals surface area contributed by atoms with Gasteiger partial charge in [0.15, 0.2) is 35.9 Å². The molecular weight excluding hydrogens is 589 g/mol. The number of anilines is 1. The zero-order chi connectivity index (χ0) is 29.1. The third-order valence-corrected chi connectivity index (χ3v) is 10.3. The van der Waals surface area contributed by atoms with Gasteiger partial charge < -0.3 is 44.4 Å². The lowest BCUT2D eigenvalue weighted by atomic mass is 10.0. The minimum Gasteiger partial charge on any atom is -0.393 e.